The van der Waals surface area contributed by atoms with Crippen molar-refractivity contribution in [3.05, 3.63) is 59.7 Å². The minimum atomic E-state index is 1.12. The zero-order valence-corrected chi connectivity index (χ0v) is 12.5. The highest BCUT2D eigenvalue weighted by atomic mass is 32.2. The molecule has 0 amide bonds. The Labute approximate surface area is 118 Å². The van der Waals surface area contributed by atoms with Crippen LogP contribution in [-0.4, -0.2) is 12.5 Å². The van der Waals surface area contributed by atoms with Gasteiger partial charge in [-0.3, -0.25) is 0 Å². The lowest BCUT2D eigenvalue weighted by atomic mass is 10.0. The number of hydrogen-bond donors (Lipinski definition) is 0. The van der Waals surface area contributed by atoms with Crippen LogP contribution < -0.4 is 0 Å². The van der Waals surface area contributed by atoms with Gasteiger partial charge in [-0.15, -0.1) is 23.5 Å². The molecule has 0 unspecified atom stereocenters. The van der Waals surface area contributed by atoms with E-state index in [1.54, 1.807) is 0 Å². The lowest BCUT2D eigenvalue weighted by molar-refractivity contribution is 0.931. The van der Waals surface area contributed by atoms with Crippen molar-refractivity contribution in [3.8, 4) is 0 Å². The molecule has 0 N–H and O–H groups in total. The Morgan fingerprint density at radius 2 is 1.67 bits per heavy atom. The quantitative estimate of drug-likeness (QED) is 0.710. The van der Waals surface area contributed by atoms with Crippen molar-refractivity contribution in [2.45, 2.75) is 22.6 Å². The van der Waals surface area contributed by atoms with Gasteiger partial charge in [0, 0.05) is 9.79 Å². The summed E-state index contributed by atoms with van der Waals surface area (Å²) in [5.74, 6) is 0. The molecule has 0 saturated heterocycles. The molecule has 0 nitrogen and oxygen atoms in total. The van der Waals surface area contributed by atoms with Crippen molar-refractivity contribution >= 4 is 23.5 Å². The van der Waals surface area contributed by atoms with E-state index in [4.69, 9.17) is 0 Å². The van der Waals surface area contributed by atoms with Gasteiger partial charge in [0.25, 0.3) is 0 Å². The molecule has 0 fully saturated rings. The predicted octanol–water partition coefficient (Wildman–Crippen LogP) is 4.92. The van der Waals surface area contributed by atoms with Gasteiger partial charge in [0.1, 0.15) is 0 Å². The van der Waals surface area contributed by atoms with Crippen LogP contribution in [0.25, 0.3) is 0 Å². The molecule has 0 saturated carbocycles. The molecule has 0 aliphatic rings. The molecule has 0 heterocycles. The average Bonchev–Trinajstić information content (AvgIpc) is 2.45. The molecule has 0 aliphatic carbocycles. The van der Waals surface area contributed by atoms with Gasteiger partial charge in [0.2, 0.25) is 0 Å². The van der Waals surface area contributed by atoms with E-state index < -0.39 is 0 Å². The lowest BCUT2D eigenvalue weighted by Gasteiger charge is -2.07. The fraction of sp³-hybridized carbons (Fsp3) is 0.250. The van der Waals surface area contributed by atoms with Crippen LogP contribution in [0.2, 0.25) is 0 Å². The van der Waals surface area contributed by atoms with Crippen molar-refractivity contribution in [3.63, 3.8) is 0 Å². The van der Waals surface area contributed by atoms with Crippen LogP contribution in [0.1, 0.15) is 11.1 Å². The third-order valence-electron chi connectivity index (χ3n) is 3.01. The molecule has 0 bridgehead atoms. The predicted molar refractivity (Wildman–Crippen MR) is 83.9 cm³/mol. The second-order valence-electron chi connectivity index (χ2n) is 4.16. The Morgan fingerprint density at radius 1 is 0.833 bits per heavy atom. The van der Waals surface area contributed by atoms with Crippen LogP contribution in [0.4, 0.5) is 0 Å². The smallest absolute Gasteiger partial charge is 0.0101 e. The van der Waals surface area contributed by atoms with Gasteiger partial charge >= 0.3 is 0 Å². The molecule has 0 radical (unpaired) electrons. The normalized spacial score (nSPS) is 10.6. The molecule has 2 aromatic carbocycles. The third kappa shape index (κ3) is 3.56. The van der Waals surface area contributed by atoms with Crippen LogP contribution in [-0.2, 0) is 12.8 Å². The fourth-order valence-electron chi connectivity index (χ4n) is 2.02. The number of hydrogen-bond acceptors (Lipinski definition) is 2. The summed E-state index contributed by atoms with van der Waals surface area (Å²) < 4.78 is 0. The minimum Gasteiger partial charge on any atom is -0.130 e. The molecule has 2 heteroatoms. The van der Waals surface area contributed by atoms with Crippen molar-refractivity contribution in [2.24, 2.45) is 0 Å². The van der Waals surface area contributed by atoms with Gasteiger partial charge in [0.05, 0.1) is 0 Å². The number of aryl methyl sites for hydroxylation is 2. The van der Waals surface area contributed by atoms with Gasteiger partial charge in [-0.2, -0.15) is 0 Å². The van der Waals surface area contributed by atoms with Crippen LogP contribution >= 0.6 is 23.5 Å². The molecule has 0 aromatic heterocycles. The highest BCUT2D eigenvalue weighted by Gasteiger charge is 2.01. The molecule has 94 valence electrons. The first-order chi connectivity index (χ1) is 8.83. The molecule has 0 spiro atoms. The SMILES string of the molecule is CSc1cccc(CCc2ccccc2SC)c1. The Balaban J connectivity index is 2.06. The Morgan fingerprint density at radius 3 is 2.44 bits per heavy atom. The summed E-state index contributed by atoms with van der Waals surface area (Å²) in [5, 5.41) is 0. The second-order valence-corrected chi connectivity index (χ2v) is 5.89. The van der Waals surface area contributed by atoms with Crippen molar-refractivity contribution in [1.82, 2.24) is 0 Å². The maximum Gasteiger partial charge on any atom is 0.0101 e. The van der Waals surface area contributed by atoms with Crippen molar-refractivity contribution < 1.29 is 0 Å². The van der Waals surface area contributed by atoms with E-state index in [1.807, 2.05) is 23.5 Å². The van der Waals surface area contributed by atoms with Gasteiger partial charge in [-0.1, -0.05) is 30.3 Å². The van der Waals surface area contributed by atoms with Crippen LogP contribution in [0, 0.1) is 0 Å². The number of thioether (sulfide) groups is 2. The maximum atomic E-state index is 2.30. The first-order valence-electron chi connectivity index (χ1n) is 6.08. The van der Waals surface area contributed by atoms with E-state index in [-0.39, 0.29) is 0 Å². The fourth-order valence-corrected chi connectivity index (χ4v) is 3.15. The monoisotopic (exact) mass is 274 g/mol. The van der Waals surface area contributed by atoms with E-state index >= 15 is 0 Å². The zero-order chi connectivity index (χ0) is 12.8. The zero-order valence-electron chi connectivity index (χ0n) is 10.8. The summed E-state index contributed by atoms with van der Waals surface area (Å²) in [6.07, 6.45) is 6.51. The van der Waals surface area contributed by atoms with Crippen molar-refractivity contribution in [2.75, 3.05) is 12.5 Å². The van der Waals surface area contributed by atoms with Gasteiger partial charge < -0.3 is 0 Å². The van der Waals surface area contributed by atoms with E-state index in [1.165, 1.54) is 20.9 Å². The highest BCUT2D eigenvalue weighted by Crippen LogP contribution is 2.22. The van der Waals surface area contributed by atoms with Crippen LogP contribution in [0.15, 0.2) is 58.3 Å². The molecule has 18 heavy (non-hydrogen) atoms. The summed E-state index contributed by atoms with van der Waals surface area (Å²) in [6, 6.07) is 17.5. The molecule has 0 atom stereocenters. The summed E-state index contributed by atoms with van der Waals surface area (Å²) in [7, 11) is 0. The van der Waals surface area contributed by atoms with E-state index in [2.05, 4.69) is 61.0 Å². The Hall–Kier alpha value is -0.860. The molecule has 0 aliphatic heterocycles. The van der Waals surface area contributed by atoms with Crippen LogP contribution in [0.3, 0.4) is 0 Å². The second kappa shape index (κ2) is 6.91. The minimum absolute atomic E-state index is 1.12. The van der Waals surface area contributed by atoms with Crippen molar-refractivity contribution in [1.29, 1.82) is 0 Å². The summed E-state index contributed by atoms with van der Waals surface area (Å²) in [6.45, 7) is 0. The molecule has 2 aromatic rings. The largest absolute Gasteiger partial charge is 0.130 e. The maximum absolute atomic E-state index is 2.30. The highest BCUT2D eigenvalue weighted by molar-refractivity contribution is 7.98. The Kier molecular flexibility index (Phi) is 5.21. The van der Waals surface area contributed by atoms with E-state index in [0.29, 0.717) is 0 Å². The molecular formula is C16H18S2. The topological polar surface area (TPSA) is 0 Å². The van der Waals surface area contributed by atoms with E-state index in [0.717, 1.165) is 12.8 Å². The number of rotatable bonds is 5. The first-order valence-corrected chi connectivity index (χ1v) is 8.53. The molecule has 2 rings (SSSR count). The Bertz CT molecular complexity index is 506. The summed E-state index contributed by atoms with van der Waals surface area (Å²) in [4.78, 5) is 2.75. The third-order valence-corrected chi connectivity index (χ3v) is 4.57. The van der Waals surface area contributed by atoms with Gasteiger partial charge in [0.15, 0.2) is 0 Å². The van der Waals surface area contributed by atoms with Crippen LogP contribution in [0.5, 0.6) is 0 Å². The van der Waals surface area contributed by atoms with Gasteiger partial charge in [-0.25, -0.2) is 0 Å². The average molecular weight is 274 g/mol. The van der Waals surface area contributed by atoms with Gasteiger partial charge in [-0.05, 0) is 54.7 Å². The van der Waals surface area contributed by atoms with E-state index in [9.17, 15) is 0 Å². The molecular weight excluding hydrogens is 256 g/mol. The lowest BCUT2D eigenvalue weighted by Crippen LogP contribution is -1.93. The standard InChI is InChI=1S/C16H18S2/c1-17-15-8-5-6-13(12-15)10-11-14-7-3-4-9-16(14)18-2/h3-9,12H,10-11H2,1-2H3. The summed E-state index contributed by atoms with van der Waals surface area (Å²) >= 11 is 3.64. The first kappa shape index (κ1) is 13.6. The number of benzene rings is 2. The summed E-state index contributed by atoms with van der Waals surface area (Å²) in [5.41, 5.74) is 2.89.